The Morgan fingerprint density at radius 3 is 3.00 bits per heavy atom. The predicted molar refractivity (Wildman–Crippen MR) is 22.8 cm³/mol. The van der Waals surface area contributed by atoms with Crippen molar-refractivity contribution in [3.63, 3.8) is 0 Å². The van der Waals surface area contributed by atoms with Gasteiger partial charge < -0.3 is 14.6 Å². The first-order chi connectivity index (χ1) is 3.43. The van der Waals surface area contributed by atoms with Crippen LogP contribution in [0.1, 0.15) is 0 Å². The van der Waals surface area contributed by atoms with Gasteiger partial charge in [0.15, 0.2) is 6.29 Å². The Bertz CT molecular complexity index is 50.9. The van der Waals surface area contributed by atoms with Crippen molar-refractivity contribution < 1.29 is 14.6 Å². The van der Waals surface area contributed by atoms with Crippen molar-refractivity contribution in [1.82, 2.24) is 0 Å². The van der Waals surface area contributed by atoms with Gasteiger partial charge in [-0.25, -0.2) is 0 Å². The first kappa shape index (κ1) is 5.03. The number of ether oxygens (including phenoxy) is 2. The molecule has 3 heteroatoms. The third kappa shape index (κ3) is 1.87. The summed E-state index contributed by atoms with van der Waals surface area (Å²) in [6.45, 7) is 1.17. The van der Waals surface area contributed by atoms with Crippen LogP contribution in [0.2, 0.25) is 0 Å². The smallest absolute Gasteiger partial charge is 0.181 e. The second-order valence-corrected chi connectivity index (χ2v) is 1.36. The fourth-order valence-corrected chi connectivity index (χ4v) is 0.320. The molecule has 0 aromatic heterocycles. The van der Waals surface area contributed by atoms with Crippen LogP contribution in [0.4, 0.5) is 0 Å². The van der Waals surface area contributed by atoms with Gasteiger partial charge in [0.05, 0.1) is 13.2 Å². The van der Waals surface area contributed by atoms with Crippen LogP contribution >= 0.6 is 0 Å². The van der Waals surface area contributed by atoms with Crippen LogP contribution in [-0.2, 0) is 9.47 Å². The molecule has 0 bridgehead atoms. The van der Waals surface area contributed by atoms with Gasteiger partial charge in [0, 0.05) is 0 Å². The highest BCUT2D eigenvalue weighted by Gasteiger charge is 2.22. The molecule has 3 nitrogen and oxygen atoms in total. The van der Waals surface area contributed by atoms with Gasteiger partial charge in [0.1, 0.15) is 6.61 Å². The summed E-state index contributed by atoms with van der Waals surface area (Å²) < 4.78 is 9.51. The Labute approximate surface area is 41.8 Å². The summed E-state index contributed by atoms with van der Waals surface area (Å²) in [5.41, 5.74) is 0. The highest BCUT2D eigenvalue weighted by Crippen LogP contribution is 2.08. The quantitative estimate of drug-likeness (QED) is 0.484. The molecule has 0 aromatic rings. The molecule has 0 radical (unpaired) electrons. The zero-order chi connectivity index (χ0) is 5.11. The number of aliphatic hydroxyl groups is 1. The van der Waals surface area contributed by atoms with E-state index in [9.17, 15) is 0 Å². The van der Waals surface area contributed by atoms with Gasteiger partial charge in [0.2, 0.25) is 0 Å². The highest BCUT2D eigenvalue weighted by molar-refractivity contribution is 4.53. The Hall–Kier alpha value is -0.120. The van der Waals surface area contributed by atoms with E-state index in [1.807, 2.05) is 0 Å². The van der Waals surface area contributed by atoms with E-state index in [1.165, 1.54) is 0 Å². The van der Waals surface area contributed by atoms with Crippen molar-refractivity contribution >= 4 is 0 Å². The lowest BCUT2D eigenvalue weighted by Gasteiger charge is -1.91. The van der Waals surface area contributed by atoms with Crippen LogP contribution < -0.4 is 0 Å². The van der Waals surface area contributed by atoms with Crippen molar-refractivity contribution in [1.29, 1.82) is 0 Å². The number of rotatable bonds is 3. The molecule has 0 amide bonds. The fourth-order valence-electron chi connectivity index (χ4n) is 0.320. The maximum atomic E-state index is 8.16. The lowest BCUT2D eigenvalue weighted by Crippen LogP contribution is -2.00. The molecule has 42 valence electrons. The normalized spacial score (nSPS) is 27.9. The molecule has 1 unspecified atom stereocenters. The number of aliphatic hydroxyl groups excluding tert-OH is 1. The topological polar surface area (TPSA) is 42.0 Å². The van der Waals surface area contributed by atoms with Crippen molar-refractivity contribution in [2.75, 3.05) is 19.8 Å². The first-order valence-corrected chi connectivity index (χ1v) is 2.27. The molecule has 1 rings (SSSR count). The molecule has 1 heterocycles. The first-order valence-electron chi connectivity index (χ1n) is 2.27. The molecule has 0 spiro atoms. The SMILES string of the molecule is OCCOC1CO1. The van der Waals surface area contributed by atoms with E-state index in [-0.39, 0.29) is 12.9 Å². The molecule has 1 N–H and O–H groups in total. The average molecular weight is 104 g/mol. The molecule has 7 heavy (non-hydrogen) atoms. The lowest BCUT2D eigenvalue weighted by molar-refractivity contribution is 0.0277. The maximum absolute atomic E-state index is 8.16. The van der Waals surface area contributed by atoms with Gasteiger partial charge in [0.25, 0.3) is 0 Å². The Kier molecular flexibility index (Phi) is 1.62. The molecular weight excluding hydrogens is 96.0 g/mol. The summed E-state index contributed by atoms with van der Waals surface area (Å²) in [5.74, 6) is 0. The molecule has 0 aliphatic carbocycles. The Balaban J connectivity index is 1.80. The van der Waals surface area contributed by atoms with E-state index in [0.29, 0.717) is 13.2 Å². The third-order valence-electron chi connectivity index (χ3n) is 0.698. The largest absolute Gasteiger partial charge is 0.394 e. The minimum atomic E-state index is -0.00727. The van der Waals surface area contributed by atoms with Crippen LogP contribution in [0.3, 0.4) is 0 Å². The van der Waals surface area contributed by atoms with Gasteiger partial charge in [-0.05, 0) is 0 Å². The minimum absolute atomic E-state index is 0.00727. The van der Waals surface area contributed by atoms with E-state index in [1.54, 1.807) is 0 Å². The van der Waals surface area contributed by atoms with Crippen molar-refractivity contribution in [3.05, 3.63) is 0 Å². The molecule has 1 aliphatic heterocycles. The Morgan fingerprint density at radius 1 is 1.86 bits per heavy atom. The van der Waals surface area contributed by atoms with E-state index in [4.69, 9.17) is 9.84 Å². The second-order valence-electron chi connectivity index (χ2n) is 1.36. The van der Waals surface area contributed by atoms with Crippen LogP contribution in [-0.4, -0.2) is 31.2 Å². The summed E-state index contributed by atoms with van der Waals surface area (Å²) in [6, 6.07) is 0. The molecule has 0 aromatic carbocycles. The van der Waals surface area contributed by atoms with Gasteiger partial charge in [-0.2, -0.15) is 0 Å². The Morgan fingerprint density at radius 2 is 2.57 bits per heavy atom. The van der Waals surface area contributed by atoms with E-state index in [2.05, 4.69) is 4.74 Å². The van der Waals surface area contributed by atoms with E-state index < -0.39 is 0 Å². The van der Waals surface area contributed by atoms with Crippen molar-refractivity contribution in [2.45, 2.75) is 6.29 Å². The third-order valence-corrected chi connectivity index (χ3v) is 0.698. The number of epoxide rings is 1. The molecule has 1 saturated heterocycles. The van der Waals surface area contributed by atoms with E-state index in [0.717, 1.165) is 0 Å². The van der Waals surface area contributed by atoms with Crippen molar-refractivity contribution in [3.8, 4) is 0 Å². The van der Waals surface area contributed by atoms with Crippen LogP contribution in [0.5, 0.6) is 0 Å². The van der Waals surface area contributed by atoms with Gasteiger partial charge in [-0.15, -0.1) is 0 Å². The van der Waals surface area contributed by atoms with Crippen LogP contribution in [0.25, 0.3) is 0 Å². The fraction of sp³-hybridized carbons (Fsp3) is 1.00. The zero-order valence-electron chi connectivity index (χ0n) is 3.96. The van der Waals surface area contributed by atoms with E-state index >= 15 is 0 Å². The predicted octanol–water partition coefficient (Wildman–Crippen LogP) is -0.648. The molecule has 0 saturated carbocycles. The van der Waals surface area contributed by atoms with Gasteiger partial charge >= 0.3 is 0 Å². The molecule has 1 fully saturated rings. The van der Waals surface area contributed by atoms with Gasteiger partial charge in [-0.1, -0.05) is 0 Å². The maximum Gasteiger partial charge on any atom is 0.181 e. The standard InChI is InChI=1S/C4H8O3/c5-1-2-6-4-3-7-4/h4-5H,1-3H2. The highest BCUT2D eigenvalue weighted by atomic mass is 16.8. The summed E-state index contributed by atoms with van der Waals surface area (Å²) in [4.78, 5) is 0. The summed E-state index contributed by atoms with van der Waals surface area (Å²) in [6.07, 6.45) is -0.00727. The molecule has 1 atom stereocenters. The van der Waals surface area contributed by atoms with Gasteiger partial charge in [-0.3, -0.25) is 0 Å². The summed E-state index contributed by atoms with van der Waals surface area (Å²) >= 11 is 0. The van der Waals surface area contributed by atoms with Crippen LogP contribution in [0.15, 0.2) is 0 Å². The average Bonchev–Trinajstić information content (AvgIpc) is 2.42. The monoisotopic (exact) mass is 104 g/mol. The molecular formula is C4H8O3. The van der Waals surface area contributed by atoms with Crippen molar-refractivity contribution in [2.24, 2.45) is 0 Å². The number of hydrogen-bond donors (Lipinski definition) is 1. The number of hydrogen-bond acceptors (Lipinski definition) is 3. The zero-order valence-corrected chi connectivity index (χ0v) is 3.96. The molecule has 1 aliphatic rings. The van der Waals surface area contributed by atoms with Crippen LogP contribution in [0, 0.1) is 0 Å². The second kappa shape index (κ2) is 2.26. The minimum Gasteiger partial charge on any atom is -0.394 e. The lowest BCUT2D eigenvalue weighted by atomic mass is 10.8. The summed E-state index contributed by atoms with van der Waals surface area (Å²) in [5, 5.41) is 8.16. The summed E-state index contributed by atoms with van der Waals surface area (Å²) in [7, 11) is 0.